The zero-order valence-electron chi connectivity index (χ0n) is 10.8. The molecule has 18 heavy (non-hydrogen) atoms. The van der Waals surface area contributed by atoms with Crippen molar-refractivity contribution in [3.05, 3.63) is 28.8 Å². The maximum absolute atomic E-state index is 12.4. The first-order valence-electron chi connectivity index (χ1n) is 6.31. The summed E-state index contributed by atoms with van der Waals surface area (Å²) in [7, 11) is 0. The fraction of sp³-hybridized carbons (Fsp3) is 0.500. The second-order valence-corrected chi connectivity index (χ2v) is 5.82. The van der Waals surface area contributed by atoms with Gasteiger partial charge in [-0.1, -0.05) is 25.4 Å². The number of hydrogen-bond acceptors (Lipinski definition) is 2. The van der Waals surface area contributed by atoms with Crippen molar-refractivity contribution >= 4 is 23.2 Å². The second-order valence-electron chi connectivity index (χ2n) is 5.39. The van der Waals surface area contributed by atoms with E-state index in [1.807, 2.05) is 4.90 Å². The van der Waals surface area contributed by atoms with E-state index in [1.54, 1.807) is 18.2 Å². The lowest BCUT2D eigenvalue weighted by molar-refractivity contribution is 0.0624. The van der Waals surface area contributed by atoms with Crippen molar-refractivity contribution in [1.29, 1.82) is 0 Å². The number of halogens is 1. The van der Waals surface area contributed by atoms with Gasteiger partial charge in [-0.3, -0.25) is 4.79 Å². The molecule has 3 nitrogen and oxygen atoms in total. The Morgan fingerprint density at radius 2 is 1.94 bits per heavy atom. The quantitative estimate of drug-likeness (QED) is 0.794. The number of piperidine rings is 1. The largest absolute Gasteiger partial charge is 0.398 e. The summed E-state index contributed by atoms with van der Waals surface area (Å²) in [5, 5.41) is 0.560. The van der Waals surface area contributed by atoms with Crippen LogP contribution in [0, 0.1) is 11.8 Å². The van der Waals surface area contributed by atoms with Crippen LogP contribution >= 0.6 is 11.6 Å². The number of likely N-dealkylation sites (tertiary alicyclic amines) is 1. The minimum absolute atomic E-state index is 0.0163. The number of amides is 1. The molecular weight excluding hydrogens is 248 g/mol. The summed E-state index contributed by atoms with van der Waals surface area (Å²) in [5.41, 5.74) is 6.88. The Labute approximate surface area is 113 Å². The number of rotatable bonds is 1. The van der Waals surface area contributed by atoms with E-state index in [2.05, 4.69) is 13.8 Å². The molecule has 4 heteroatoms. The molecule has 0 spiro atoms. The minimum Gasteiger partial charge on any atom is -0.398 e. The van der Waals surface area contributed by atoms with Crippen LogP contribution in [0.25, 0.3) is 0 Å². The van der Waals surface area contributed by atoms with E-state index in [1.165, 1.54) is 6.42 Å². The monoisotopic (exact) mass is 266 g/mol. The van der Waals surface area contributed by atoms with Gasteiger partial charge in [-0.05, 0) is 36.5 Å². The van der Waals surface area contributed by atoms with Gasteiger partial charge in [0.05, 0.1) is 5.56 Å². The third kappa shape index (κ3) is 2.78. The first-order chi connectivity index (χ1) is 8.47. The Hall–Kier alpha value is -1.22. The Balaban J connectivity index is 2.20. The van der Waals surface area contributed by atoms with E-state index in [-0.39, 0.29) is 5.91 Å². The zero-order valence-corrected chi connectivity index (χ0v) is 11.6. The molecule has 1 heterocycles. The molecule has 1 fully saturated rings. The number of nitrogen functional groups attached to an aromatic ring is 1. The summed E-state index contributed by atoms with van der Waals surface area (Å²) in [6.45, 7) is 5.98. The molecule has 2 unspecified atom stereocenters. The van der Waals surface area contributed by atoms with Crippen molar-refractivity contribution in [2.45, 2.75) is 20.3 Å². The highest BCUT2D eigenvalue weighted by Gasteiger charge is 2.26. The van der Waals surface area contributed by atoms with Crippen LogP contribution < -0.4 is 5.73 Å². The lowest BCUT2D eigenvalue weighted by Crippen LogP contribution is -2.42. The predicted octanol–water partition coefficient (Wildman–Crippen LogP) is 3.04. The molecule has 0 radical (unpaired) electrons. The van der Waals surface area contributed by atoms with E-state index in [0.29, 0.717) is 28.1 Å². The molecule has 98 valence electrons. The van der Waals surface area contributed by atoms with Crippen LogP contribution in [-0.4, -0.2) is 23.9 Å². The summed E-state index contributed by atoms with van der Waals surface area (Å²) in [6.07, 6.45) is 1.18. The smallest absolute Gasteiger partial charge is 0.255 e. The molecule has 1 aliphatic heterocycles. The number of anilines is 1. The van der Waals surface area contributed by atoms with Crippen LogP contribution in [0.1, 0.15) is 30.6 Å². The van der Waals surface area contributed by atoms with Crippen LogP contribution in [0.2, 0.25) is 5.02 Å². The Bertz CT molecular complexity index is 451. The van der Waals surface area contributed by atoms with E-state index in [0.717, 1.165) is 13.1 Å². The topological polar surface area (TPSA) is 46.3 Å². The summed E-state index contributed by atoms with van der Waals surface area (Å²) >= 11 is 5.85. The molecule has 0 aliphatic carbocycles. The second kappa shape index (κ2) is 5.19. The highest BCUT2D eigenvalue weighted by Crippen LogP contribution is 2.25. The molecule has 2 atom stereocenters. The molecule has 1 saturated heterocycles. The van der Waals surface area contributed by atoms with Crippen molar-refractivity contribution in [3.8, 4) is 0 Å². The van der Waals surface area contributed by atoms with Crippen molar-refractivity contribution in [1.82, 2.24) is 4.90 Å². The lowest BCUT2D eigenvalue weighted by Gasteiger charge is -2.35. The van der Waals surface area contributed by atoms with E-state index in [9.17, 15) is 4.79 Å². The molecule has 0 aromatic heterocycles. The molecule has 1 aliphatic rings. The third-order valence-electron chi connectivity index (χ3n) is 3.40. The van der Waals surface area contributed by atoms with Gasteiger partial charge in [0.2, 0.25) is 0 Å². The average Bonchev–Trinajstić information content (AvgIpc) is 2.26. The highest BCUT2D eigenvalue weighted by molar-refractivity contribution is 6.31. The first kappa shape index (κ1) is 13.2. The number of nitrogens with two attached hydrogens (primary N) is 1. The normalized spacial score (nSPS) is 24.1. The Morgan fingerprint density at radius 1 is 1.33 bits per heavy atom. The summed E-state index contributed by atoms with van der Waals surface area (Å²) in [4.78, 5) is 14.3. The van der Waals surface area contributed by atoms with Gasteiger partial charge in [0.25, 0.3) is 5.91 Å². The number of nitrogens with zero attached hydrogens (tertiary/aromatic N) is 1. The van der Waals surface area contributed by atoms with Crippen LogP contribution in [0.15, 0.2) is 18.2 Å². The highest BCUT2D eigenvalue weighted by atomic mass is 35.5. The molecule has 0 saturated carbocycles. The standard InChI is InChI=1S/C14H19ClN2O/c1-9-5-10(2)8-17(7-9)14(18)12-4-3-11(15)6-13(12)16/h3-4,6,9-10H,5,7-8,16H2,1-2H3. The van der Waals surface area contributed by atoms with Crippen LogP contribution in [-0.2, 0) is 0 Å². The first-order valence-corrected chi connectivity index (χ1v) is 6.69. The summed E-state index contributed by atoms with van der Waals surface area (Å²) in [6, 6.07) is 5.05. The van der Waals surface area contributed by atoms with Gasteiger partial charge in [-0.15, -0.1) is 0 Å². The minimum atomic E-state index is 0.0163. The van der Waals surface area contributed by atoms with Gasteiger partial charge in [0.15, 0.2) is 0 Å². The lowest BCUT2D eigenvalue weighted by atomic mass is 9.91. The fourth-order valence-corrected chi connectivity index (χ4v) is 2.91. The summed E-state index contributed by atoms with van der Waals surface area (Å²) < 4.78 is 0. The van der Waals surface area contributed by atoms with Crippen molar-refractivity contribution in [2.75, 3.05) is 18.8 Å². The molecule has 2 N–H and O–H groups in total. The van der Waals surface area contributed by atoms with Gasteiger partial charge in [-0.25, -0.2) is 0 Å². The average molecular weight is 267 g/mol. The Morgan fingerprint density at radius 3 is 2.50 bits per heavy atom. The third-order valence-corrected chi connectivity index (χ3v) is 3.64. The molecule has 0 bridgehead atoms. The molecule has 1 aromatic rings. The van der Waals surface area contributed by atoms with Crippen molar-refractivity contribution < 1.29 is 4.79 Å². The van der Waals surface area contributed by atoms with Crippen molar-refractivity contribution in [3.63, 3.8) is 0 Å². The van der Waals surface area contributed by atoms with Crippen LogP contribution in [0.3, 0.4) is 0 Å². The molecule has 1 amide bonds. The van der Waals surface area contributed by atoms with Crippen molar-refractivity contribution in [2.24, 2.45) is 11.8 Å². The zero-order chi connectivity index (χ0) is 13.3. The number of carbonyl (C=O) groups excluding carboxylic acids is 1. The summed E-state index contributed by atoms with van der Waals surface area (Å²) in [5.74, 6) is 1.11. The maximum Gasteiger partial charge on any atom is 0.255 e. The van der Waals surface area contributed by atoms with E-state index < -0.39 is 0 Å². The van der Waals surface area contributed by atoms with Gasteiger partial charge < -0.3 is 10.6 Å². The molecule has 2 rings (SSSR count). The van der Waals surface area contributed by atoms with E-state index in [4.69, 9.17) is 17.3 Å². The van der Waals surface area contributed by atoms with Gasteiger partial charge >= 0.3 is 0 Å². The molecular formula is C14H19ClN2O. The Kier molecular flexibility index (Phi) is 3.81. The number of carbonyl (C=O) groups is 1. The number of hydrogen-bond donors (Lipinski definition) is 1. The van der Waals surface area contributed by atoms with Gasteiger partial charge in [0, 0.05) is 23.8 Å². The van der Waals surface area contributed by atoms with Gasteiger partial charge in [-0.2, -0.15) is 0 Å². The predicted molar refractivity (Wildman–Crippen MR) is 74.7 cm³/mol. The van der Waals surface area contributed by atoms with E-state index >= 15 is 0 Å². The van der Waals surface area contributed by atoms with Gasteiger partial charge in [0.1, 0.15) is 0 Å². The SMILES string of the molecule is CC1CC(C)CN(C(=O)c2ccc(Cl)cc2N)C1. The molecule has 1 aromatic carbocycles. The number of benzene rings is 1. The fourth-order valence-electron chi connectivity index (χ4n) is 2.73. The van der Waals surface area contributed by atoms with Crippen LogP contribution in [0.4, 0.5) is 5.69 Å². The maximum atomic E-state index is 12.4. The van der Waals surface area contributed by atoms with Crippen LogP contribution in [0.5, 0.6) is 0 Å².